The molecule has 2 unspecified atom stereocenters. The second-order valence-electron chi connectivity index (χ2n) is 6.38. The first-order valence-electron chi connectivity index (χ1n) is 7.84. The summed E-state index contributed by atoms with van der Waals surface area (Å²) in [5.74, 6) is 2.94. The first kappa shape index (κ1) is 15.7. The standard InChI is InChI=1S/C17H24ClNOS/c1-12-14(3-2-4-15(12)18)16(19)13-5-8-20-17(11-13)6-9-21-10-7-17/h2-4,13,16H,5-11,19H2,1H3. The molecule has 2 nitrogen and oxygen atoms in total. The van der Waals surface area contributed by atoms with Crippen LogP contribution in [0.4, 0.5) is 0 Å². The van der Waals surface area contributed by atoms with E-state index in [0.717, 1.165) is 30.0 Å². The maximum Gasteiger partial charge on any atom is 0.0701 e. The Labute approximate surface area is 136 Å². The molecule has 0 aliphatic carbocycles. The summed E-state index contributed by atoms with van der Waals surface area (Å²) in [5, 5.41) is 0.818. The van der Waals surface area contributed by atoms with Crippen LogP contribution in [0.15, 0.2) is 18.2 Å². The lowest BCUT2D eigenvalue weighted by atomic mass is 9.76. The van der Waals surface area contributed by atoms with Crippen LogP contribution >= 0.6 is 23.4 Å². The van der Waals surface area contributed by atoms with Gasteiger partial charge in [0.2, 0.25) is 0 Å². The highest BCUT2D eigenvalue weighted by molar-refractivity contribution is 7.99. The predicted molar refractivity (Wildman–Crippen MR) is 91.1 cm³/mol. The lowest BCUT2D eigenvalue weighted by Gasteiger charge is -2.45. The number of halogens is 1. The number of ether oxygens (including phenoxy) is 1. The predicted octanol–water partition coefficient (Wildman–Crippen LogP) is 4.34. The van der Waals surface area contributed by atoms with Crippen LogP contribution in [0.2, 0.25) is 5.02 Å². The Hall–Kier alpha value is -0.220. The van der Waals surface area contributed by atoms with E-state index in [1.165, 1.54) is 29.9 Å². The van der Waals surface area contributed by atoms with Crippen molar-refractivity contribution >= 4 is 23.4 Å². The summed E-state index contributed by atoms with van der Waals surface area (Å²) >= 11 is 8.30. The van der Waals surface area contributed by atoms with Crippen molar-refractivity contribution in [2.24, 2.45) is 11.7 Å². The van der Waals surface area contributed by atoms with Crippen molar-refractivity contribution in [1.82, 2.24) is 0 Å². The Bertz CT molecular complexity index is 496. The number of benzene rings is 1. The lowest BCUT2D eigenvalue weighted by Crippen LogP contribution is -2.45. The summed E-state index contributed by atoms with van der Waals surface area (Å²) in [6.45, 7) is 2.92. The molecule has 1 spiro atoms. The topological polar surface area (TPSA) is 35.2 Å². The second-order valence-corrected chi connectivity index (χ2v) is 8.01. The van der Waals surface area contributed by atoms with Gasteiger partial charge in [0.05, 0.1) is 5.60 Å². The van der Waals surface area contributed by atoms with Crippen molar-refractivity contribution in [3.8, 4) is 0 Å². The van der Waals surface area contributed by atoms with Gasteiger partial charge in [-0.2, -0.15) is 11.8 Å². The molecule has 0 aromatic heterocycles. The minimum atomic E-state index is 0.0686. The van der Waals surface area contributed by atoms with E-state index in [1.807, 2.05) is 23.9 Å². The van der Waals surface area contributed by atoms with Gasteiger partial charge in [-0.25, -0.2) is 0 Å². The minimum Gasteiger partial charge on any atom is -0.375 e. The third kappa shape index (κ3) is 3.26. The highest BCUT2D eigenvalue weighted by atomic mass is 35.5. The van der Waals surface area contributed by atoms with E-state index in [0.29, 0.717) is 5.92 Å². The quantitative estimate of drug-likeness (QED) is 0.878. The lowest BCUT2D eigenvalue weighted by molar-refractivity contribution is -0.105. The molecule has 2 fully saturated rings. The molecule has 21 heavy (non-hydrogen) atoms. The fraction of sp³-hybridized carbons (Fsp3) is 0.647. The Morgan fingerprint density at radius 3 is 2.90 bits per heavy atom. The van der Waals surface area contributed by atoms with E-state index in [4.69, 9.17) is 22.1 Å². The zero-order valence-corrected chi connectivity index (χ0v) is 14.2. The van der Waals surface area contributed by atoms with Gasteiger partial charge < -0.3 is 10.5 Å². The molecule has 0 saturated carbocycles. The van der Waals surface area contributed by atoms with Crippen LogP contribution in [0.3, 0.4) is 0 Å². The molecule has 2 heterocycles. The molecule has 3 rings (SSSR count). The maximum absolute atomic E-state index is 6.61. The molecular formula is C17H24ClNOS. The smallest absolute Gasteiger partial charge is 0.0701 e. The monoisotopic (exact) mass is 325 g/mol. The highest BCUT2D eigenvalue weighted by Gasteiger charge is 2.40. The van der Waals surface area contributed by atoms with Gasteiger partial charge in [0.15, 0.2) is 0 Å². The first-order chi connectivity index (χ1) is 10.1. The molecule has 2 aliphatic heterocycles. The van der Waals surface area contributed by atoms with E-state index in [2.05, 4.69) is 13.0 Å². The van der Waals surface area contributed by atoms with Crippen molar-refractivity contribution in [3.63, 3.8) is 0 Å². The molecule has 0 amide bonds. The van der Waals surface area contributed by atoms with Crippen LogP contribution in [0.25, 0.3) is 0 Å². The maximum atomic E-state index is 6.61. The highest BCUT2D eigenvalue weighted by Crippen LogP contribution is 2.43. The SMILES string of the molecule is Cc1c(Cl)cccc1C(N)C1CCOC2(CCSCC2)C1. The van der Waals surface area contributed by atoms with Crippen LogP contribution < -0.4 is 5.73 Å². The Morgan fingerprint density at radius 1 is 1.38 bits per heavy atom. The van der Waals surface area contributed by atoms with Gasteiger partial charge in [0, 0.05) is 17.7 Å². The Morgan fingerprint density at radius 2 is 2.14 bits per heavy atom. The molecule has 0 radical (unpaired) electrons. The number of rotatable bonds is 2. The van der Waals surface area contributed by atoms with Gasteiger partial charge in [0.25, 0.3) is 0 Å². The van der Waals surface area contributed by atoms with Crippen LogP contribution in [-0.4, -0.2) is 23.7 Å². The van der Waals surface area contributed by atoms with Crippen molar-refractivity contribution < 1.29 is 4.74 Å². The molecule has 2 N–H and O–H groups in total. The summed E-state index contributed by atoms with van der Waals surface area (Å²) < 4.78 is 6.18. The van der Waals surface area contributed by atoms with Crippen molar-refractivity contribution in [3.05, 3.63) is 34.3 Å². The van der Waals surface area contributed by atoms with Gasteiger partial charge in [-0.3, -0.25) is 0 Å². The van der Waals surface area contributed by atoms with Crippen LogP contribution in [0.5, 0.6) is 0 Å². The fourth-order valence-corrected chi connectivity index (χ4v) is 5.12. The molecule has 1 aromatic carbocycles. The Kier molecular flexibility index (Phi) is 4.84. The van der Waals surface area contributed by atoms with Gasteiger partial charge in [-0.05, 0) is 67.2 Å². The number of hydrogen-bond donors (Lipinski definition) is 1. The van der Waals surface area contributed by atoms with Crippen molar-refractivity contribution in [2.45, 2.75) is 44.2 Å². The fourth-order valence-electron chi connectivity index (χ4n) is 3.70. The summed E-state index contributed by atoms with van der Waals surface area (Å²) in [7, 11) is 0. The summed E-state index contributed by atoms with van der Waals surface area (Å²) in [6, 6.07) is 6.15. The molecule has 2 saturated heterocycles. The largest absolute Gasteiger partial charge is 0.375 e. The summed E-state index contributed by atoms with van der Waals surface area (Å²) in [5.41, 5.74) is 9.04. The van der Waals surface area contributed by atoms with E-state index >= 15 is 0 Å². The molecule has 2 atom stereocenters. The van der Waals surface area contributed by atoms with Crippen LogP contribution in [0.1, 0.15) is 42.9 Å². The number of thioether (sulfide) groups is 1. The van der Waals surface area contributed by atoms with E-state index in [-0.39, 0.29) is 11.6 Å². The second kappa shape index (κ2) is 6.49. The average molecular weight is 326 g/mol. The van der Waals surface area contributed by atoms with E-state index in [9.17, 15) is 0 Å². The minimum absolute atomic E-state index is 0.0686. The zero-order chi connectivity index (χ0) is 14.9. The van der Waals surface area contributed by atoms with Crippen molar-refractivity contribution in [1.29, 1.82) is 0 Å². The Balaban J connectivity index is 1.78. The number of nitrogens with two attached hydrogens (primary N) is 1. The molecule has 0 bridgehead atoms. The molecule has 2 aliphatic rings. The van der Waals surface area contributed by atoms with Gasteiger partial charge >= 0.3 is 0 Å². The summed E-state index contributed by atoms with van der Waals surface area (Å²) in [6.07, 6.45) is 4.51. The van der Waals surface area contributed by atoms with Gasteiger partial charge in [-0.1, -0.05) is 23.7 Å². The average Bonchev–Trinajstić information content (AvgIpc) is 2.50. The van der Waals surface area contributed by atoms with E-state index in [1.54, 1.807) is 0 Å². The van der Waals surface area contributed by atoms with Crippen LogP contribution in [0, 0.1) is 12.8 Å². The first-order valence-corrected chi connectivity index (χ1v) is 9.37. The third-order valence-electron chi connectivity index (χ3n) is 5.11. The number of hydrogen-bond acceptors (Lipinski definition) is 3. The van der Waals surface area contributed by atoms with Crippen LogP contribution in [-0.2, 0) is 4.74 Å². The van der Waals surface area contributed by atoms with Gasteiger partial charge in [0.1, 0.15) is 0 Å². The molecule has 116 valence electrons. The molecular weight excluding hydrogens is 302 g/mol. The normalized spacial score (nSPS) is 26.7. The molecule has 1 aromatic rings. The third-order valence-corrected chi connectivity index (χ3v) is 6.51. The zero-order valence-electron chi connectivity index (χ0n) is 12.6. The van der Waals surface area contributed by atoms with E-state index < -0.39 is 0 Å². The van der Waals surface area contributed by atoms with Crippen molar-refractivity contribution in [2.75, 3.05) is 18.1 Å². The van der Waals surface area contributed by atoms with Gasteiger partial charge in [-0.15, -0.1) is 0 Å². The molecule has 4 heteroatoms. The summed E-state index contributed by atoms with van der Waals surface area (Å²) in [4.78, 5) is 0.